The molecule has 1 N–H and O–H groups in total. The number of nitrogens with one attached hydrogen (secondary N) is 1. The maximum absolute atomic E-state index is 13.5. The van der Waals surface area contributed by atoms with E-state index in [-0.39, 0.29) is 11.4 Å². The van der Waals surface area contributed by atoms with Gasteiger partial charge in [-0.15, -0.1) is 0 Å². The summed E-state index contributed by atoms with van der Waals surface area (Å²) in [5.74, 6) is -0.403. The van der Waals surface area contributed by atoms with Crippen LogP contribution >= 0.6 is 0 Å². The van der Waals surface area contributed by atoms with Crippen molar-refractivity contribution >= 4 is 27.3 Å². The van der Waals surface area contributed by atoms with Crippen LogP contribution in [0.25, 0.3) is 0 Å². The number of rotatable bonds is 6. The van der Waals surface area contributed by atoms with Crippen LogP contribution in [0.5, 0.6) is 0 Å². The number of carbonyl (C=O) groups is 1. The van der Waals surface area contributed by atoms with Crippen LogP contribution in [-0.4, -0.2) is 20.9 Å². The van der Waals surface area contributed by atoms with Gasteiger partial charge in [0.1, 0.15) is 6.54 Å². The summed E-state index contributed by atoms with van der Waals surface area (Å²) in [5, 5.41) is 2.84. The lowest BCUT2D eigenvalue weighted by atomic mass is 10.1. The molecule has 0 aliphatic rings. The Kier molecular flexibility index (Phi) is 6.51. The van der Waals surface area contributed by atoms with Gasteiger partial charge in [-0.25, -0.2) is 8.42 Å². The molecule has 0 atom stereocenters. The number of benzene rings is 3. The number of sulfonamides is 1. The quantitative estimate of drug-likeness (QED) is 0.587. The first-order valence-corrected chi connectivity index (χ1v) is 11.5. The fraction of sp³-hybridized carbons (Fsp3) is 0.240. The predicted molar refractivity (Wildman–Crippen MR) is 126 cm³/mol. The zero-order valence-electron chi connectivity index (χ0n) is 18.6. The number of nitrogens with zero attached hydrogens (tertiary/aromatic N) is 1. The average molecular weight is 437 g/mol. The van der Waals surface area contributed by atoms with E-state index in [2.05, 4.69) is 5.32 Å². The third-order valence-corrected chi connectivity index (χ3v) is 6.68. The lowest BCUT2D eigenvalue weighted by Crippen LogP contribution is -2.38. The number of aryl methyl sites for hydroxylation is 5. The number of hydrogen-bond donors (Lipinski definition) is 1. The van der Waals surface area contributed by atoms with E-state index < -0.39 is 15.9 Å². The molecule has 0 heterocycles. The largest absolute Gasteiger partial charge is 0.324 e. The maximum Gasteiger partial charge on any atom is 0.264 e. The van der Waals surface area contributed by atoms with Crippen molar-refractivity contribution in [3.05, 3.63) is 88.5 Å². The Morgan fingerprint density at radius 1 is 0.742 bits per heavy atom. The highest BCUT2D eigenvalue weighted by Gasteiger charge is 2.27. The van der Waals surface area contributed by atoms with Gasteiger partial charge < -0.3 is 5.32 Å². The van der Waals surface area contributed by atoms with E-state index in [0.717, 1.165) is 27.8 Å². The van der Waals surface area contributed by atoms with Crippen LogP contribution in [0.3, 0.4) is 0 Å². The van der Waals surface area contributed by atoms with Crippen LogP contribution in [0.1, 0.15) is 27.8 Å². The molecule has 31 heavy (non-hydrogen) atoms. The average Bonchev–Trinajstić information content (AvgIpc) is 2.64. The zero-order valence-corrected chi connectivity index (χ0v) is 19.4. The molecule has 0 saturated carbocycles. The Labute approximate surface area is 184 Å². The molecule has 0 radical (unpaired) electrons. The van der Waals surface area contributed by atoms with Gasteiger partial charge in [-0.1, -0.05) is 29.8 Å². The molecular formula is C25H28N2O3S. The van der Waals surface area contributed by atoms with Crippen molar-refractivity contribution in [1.29, 1.82) is 0 Å². The highest BCUT2D eigenvalue weighted by Crippen LogP contribution is 2.26. The minimum atomic E-state index is -3.94. The van der Waals surface area contributed by atoms with E-state index in [9.17, 15) is 13.2 Å². The first kappa shape index (κ1) is 22.6. The van der Waals surface area contributed by atoms with Gasteiger partial charge in [0.25, 0.3) is 10.0 Å². The van der Waals surface area contributed by atoms with E-state index in [4.69, 9.17) is 0 Å². The van der Waals surface area contributed by atoms with E-state index in [1.54, 1.807) is 36.4 Å². The van der Waals surface area contributed by atoms with E-state index in [1.807, 2.05) is 58.9 Å². The smallest absolute Gasteiger partial charge is 0.264 e. The Morgan fingerprint density at radius 2 is 1.23 bits per heavy atom. The first-order chi connectivity index (χ1) is 14.5. The van der Waals surface area contributed by atoms with Crippen molar-refractivity contribution in [2.75, 3.05) is 16.2 Å². The molecule has 0 unspecified atom stereocenters. The van der Waals surface area contributed by atoms with Crippen molar-refractivity contribution in [2.24, 2.45) is 0 Å². The number of carbonyl (C=O) groups excluding carboxylic acids is 1. The fourth-order valence-electron chi connectivity index (χ4n) is 3.62. The van der Waals surface area contributed by atoms with Gasteiger partial charge in [0, 0.05) is 5.69 Å². The standard InChI is InChI=1S/C25H28N2O3S/c1-17-6-8-24(9-7-17)31(29,30)27(23-14-20(4)11-21(5)15-23)16-25(28)26-22-12-18(2)10-19(3)13-22/h6-15H,16H2,1-5H3,(H,26,28). The van der Waals surface area contributed by atoms with Crippen molar-refractivity contribution in [3.8, 4) is 0 Å². The summed E-state index contributed by atoms with van der Waals surface area (Å²) in [6.07, 6.45) is 0. The molecule has 3 rings (SSSR count). The second kappa shape index (κ2) is 8.94. The molecule has 3 aromatic carbocycles. The minimum absolute atomic E-state index is 0.149. The topological polar surface area (TPSA) is 66.5 Å². The molecule has 0 fully saturated rings. The van der Waals surface area contributed by atoms with Crippen LogP contribution in [0.4, 0.5) is 11.4 Å². The van der Waals surface area contributed by atoms with Gasteiger partial charge in [-0.05, 0) is 93.3 Å². The van der Waals surface area contributed by atoms with E-state index >= 15 is 0 Å². The molecule has 0 bridgehead atoms. The number of amides is 1. The molecule has 5 nitrogen and oxygen atoms in total. The molecule has 0 aliphatic carbocycles. The highest BCUT2D eigenvalue weighted by atomic mass is 32.2. The minimum Gasteiger partial charge on any atom is -0.324 e. The van der Waals surface area contributed by atoms with E-state index in [0.29, 0.717) is 11.4 Å². The van der Waals surface area contributed by atoms with Gasteiger partial charge in [0.2, 0.25) is 5.91 Å². The molecule has 0 spiro atoms. The summed E-state index contributed by atoms with van der Waals surface area (Å²) in [7, 11) is -3.94. The Balaban J connectivity index is 1.99. The van der Waals surface area contributed by atoms with E-state index in [1.165, 1.54) is 4.31 Å². The Morgan fingerprint density at radius 3 is 1.74 bits per heavy atom. The van der Waals surface area contributed by atoms with Crippen molar-refractivity contribution in [3.63, 3.8) is 0 Å². The molecule has 3 aromatic rings. The van der Waals surface area contributed by atoms with Crippen molar-refractivity contribution < 1.29 is 13.2 Å². The molecule has 0 saturated heterocycles. The summed E-state index contributed by atoms with van der Waals surface area (Å²) in [4.78, 5) is 13.1. The number of hydrogen-bond acceptors (Lipinski definition) is 3. The predicted octanol–water partition coefficient (Wildman–Crippen LogP) is 5.06. The normalized spacial score (nSPS) is 11.3. The summed E-state index contributed by atoms with van der Waals surface area (Å²) in [6.45, 7) is 9.28. The van der Waals surface area contributed by atoms with Gasteiger partial charge in [-0.2, -0.15) is 0 Å². The summed E-state index contributed by atoms with van der Waals surface area (Å²) < 4.78 is 28.2. The van der Waals surface area contributed by atoms with Crippen molar-refractivity contribution in [2.45, 2.75) is 39.5 Å². The third-order valence-electron chi connectivity index (χ3n) is 4.90. The number of anilines is 2. The second-order valence-corrected chi connectivity index (χ2v) is 9.96. The van der Waals surface area contributed by atoms with Crippen LogP contribution in [-0.2, 0) is 14.8 Å². The SMILES string of the molecule is Cc1ccc(S(=O)(=O)N(CC(=O)Nc2cc(C)cc(C)c2)c2cc(C)cc(C)c2)cc1. The van der Waals surface area contributed by atoms with Crippen LogP contribution in [0, 0.1) is 34.6 Å². The van der Waals surface area contributed by atoms with Crippen LogP contribution < -0.4 is 9.62 Å². The molecular weight excluding hydrogens is 408 g/mol. The van der Waals surface area contributed by atoms with Gasteiger partial charge in [-0.3, -0.25) is 9.10 Å². The van der Waals surface area contributed by atoms with Crippen LogP contribution in [0.15, 0.2) is 65.6 Å². The first-order valence-electron chi connectivity index (χ1n) is 10.1. The molecule has 6 heteroatoms. The Hall–Kier alpha value is -3.12. The van der Waals surface area contributed by atoms with Gasteiger partial charge >= 0.3 is 0 Å². The monoisotopic (exact) mass is 436 g/mol. The Bertz CT molecular complexity index is 1180. The molecule has 162 valence electrons. The molecule has 0 aliphatic heterocycles. The van der Waals surface area contributed by atoms with Crippen LogP contribution in [0.2, 0.25) is 0 Å². The van der Waals surface area contributed by atoms with Gasteiger partial charge in [0.05, 0.1) is 10.6 Å². The second-order valence-electron chi connectivity index (χ2n) is 8.10. The summed E-state index contributed by atoms with van der Waals surface area (Å²) in [6, 6.07) is 17.9. The van der Waals surface area contributed by atoms with Crippen molar-refractivity contribution in [1.82, 2.24) is 0 Å². The molecule has 0 aromatic heterocycles. The lowest BCUT2D eigenvalue weighted by Gasteiger charge is -2.25. The summed E-state index contributed by atoms with van der Waals surface area (Å²) >= 11 is 0. The zero-order chi connectivity index (χ0) is 22.8. The maximum atomic E-state index is 13.5. The van der Waals surface area contributed by atoms with Gasteiger partial charge in [0.15, 0.2) is 0 Å². The third kappa shape index (κ3) is 5.52. The molecule has 1 amide bonds. The fourth-order valence-corrected chi connectivity index (χ4v) is 5.03. The lowest BCUT2D eigenvalue weighted by molar-refractivity contribution is -0.114. The highest BCUT2D eigenvalue weighted by molar-refractivity contribution is 7.92. The summed E-state index contributed by atoms with van der Waals surface area (Å²) in [5.41, 5.74) is 5.97.